The van der Waals surface area contributed by atoms with Crippen molar-refractivity contribution in [1.29, 1.82) is 0 Å². The van der Waals surface area contributed by atoms with Gasteiger partial charge in [0.1, 0.15) is 17.9 Å². The highest BCUT2D eigenvalue weighted by Gasteiger charge is 2.49. The third-order valence-corrected chi connectivity index (χ3v) is 5.13. The fourth-order valence-corrected chi connectivity index (χ4v) is 3.31. The van der Waals surface area contributed by atoms with Crippen molar-refractivity contribution in [3.8, 4) is 0 Å². The van der Waals surface area contributed by atoms with Crippen molar-refractivity contribution >= 4 is 23.4 Å². The molecule has 7 nitrogen and oxygen atoms in total. The maximum Gasteiger partial charge on any atom is 0.416 e. The van der Waals surface area contributed by atoms with E-state index >= 15 is 0 Å². The Kier molecular flexibility index (Phi) is 10.7. The number of ketones is 1. The molecule has 1 aliphatic heterocycles. The molecule has 2 aromatic rings. The summed E-state index contributed by atoms with van der Waals surface area (Å²) in [5.41, 5.74) is 4.43. The number of alkyl halides is 3. The van der Waals surface area contributed by atoms with Gasteiger partial charge in [-0.05, 0) is 57.0 Å². The molecule has 1 aliphatic rings. The van der Waals surface area contributed by atoms with Gasteiger partial charge in [-0.15, -0.1) is 0 Å². The summed E-state index contributed by atoms with van der Waals surface area (Å²) in [4.78, 5) is 41.5. The van der Waals surface area contributed by atoms with Crippen molar-refractivity contribution in [3.63, 3.8) is 0 Å². The lowest BCUT2D eigenvalue weighted by molar-refractivity contribution is -0.150. The Labute approximate surface area is 208 Å². The number of aryl methyl sites for hydroxylation is 1. The van der Waals surface area contributed by atoms with Crippen molar-refractivity contribution in [2.45, 2.75) is 59.8 Å². The number of nitrogens with two attached hydrogens (primary N) is 1. The molecule has 1 aromatic heterocycles. The topological polar surface area (TPSA) is 96.6 Å². The molecule has 36 heavy (non-hydrogen) atoms. The van der Waals surface area contributed by atoms with Gasteiger partial charge < -0.3 is 15.4 Å². The molecular weight excluding hydrogens is 480 g/mol. The maximum atomic E-state index is 14.4. The van der Waals surface area contributed by atoms with Crippen LogP contribution in [-0.2, 0) is 27.1 Å². The van der Waals surface area contributed by atoms with E-state index < -0.39 is 41.5 Å². The second-order valence-electron chi connectivity index (χ2n) is 8.27. The Morgan fingerprint density at radius 1 is 1.14 bits per heavy atom. The first kappa shape index (κ1) is 30.7. The Morgan fingerprint density at radius 2 is 1.67 bits per heavy atom. The Balaban J connectivity index is 0.000000982. The largest absolute Gasteiger partial charge is 0.416 e. The van der Waals surface area contributed by atoms with Crippen LogP contribution in [0.5, 0.6) is 0 Å². The molecule has 198 valence electrons. The molecule has 1 saturated heterocycles. The first-order valence-electron chi connectivity index (χ1n) is 11.3. The molecule has 11 heteroatoms. The standard InChI is InChI=1S/C20H20F4N4O2.C3H6O.C2H6/c1-12-7-15(21)17(26-8-12)27-10-16(29)28(19(2,11-25)18(27)30)9-13-3-5-14(6-4-13)20(22,23)24;1-3(2)4;1-2/h3-8H,9-11,25H2,1-2H3;1-2H3;1-2H3. The van der Waals surface area contributed by atoms with Gasteiger partial charge in [-0.1, -0.05) is 26.0 Å². The number of nitrogens with zero attached hydrogens (tertiary/aromatic N) is 3. The molecule has 2 heterocycles. The van der Waals surface area contributed by atoms with Gasteiger partial charge in [0.2, 0.25) is 5.91 Å². The second-order valence-corrected chi connectivity index (χ2v) is 8.27. The van der Waals surface area contributed by atoms with Gasteiger partial charge >= 0.3 is 6.18 Å². The molecule has 0 bridgehead atoms. The molecule has 0 radical (unpaired) electrons. The molecule has 3 rings (SSSR count). The summed E-state index contributed by atoms with van der Waals surface area (Å²) in [6.45, 7) is 9.30. The fourth-order valence-electron chi connectivity index (χ4n) is 3.31. The van der Waals surface area contributed by atoms with E-state index in [2.05, 4.69) is 4.98 Å². The van der Waals surface area contributed by atoms with Gasteiger partial charge in [-0.2, -0.15) is 13.2 Å². The Bertz CT molecular complexity index is 1070. The predicted octanol–water partition coefficient (Wildman–Crippen LogP) is 4.26. The number of rotatable bonds is 4. The number of Topliss-reactive ketones (excluding diaryl/α,β-unsaturated/α-hetero) is 1. The number of pyridine rings is 1. The lowest BCUT2D eigenvalue weighted by atomic mass is 9.93. The first-order chi connectivity index (χ1) is 16.7. The summed E-state index contributed by atoms with van der Waals surface area (Å²) < 4.78 is 52.7. The average Bonchev–Trinajstić information content (AvgIpc) is 2.80. The molecule has 2 N–H and O–H groups in total. The molecular formula is C25H32F4N4O3. The van der Waals surface area contributed by atoms with Crippen LogP contribution < -0.4 is 10.6 Å². The van der Waals surface area contributed by atoms with Crippen LogP contribution in [0.25, 0.3) is 0 Å². The number of carbonyl (C=O) groups is 3. The van der Waals surface area contributed by atoms with Crippen molar-refractivity contribution in [2.24, 2.45) is 5.73 Å². The zero-order chi connectivity index (χ0) is 27.8. The summed E-state index contributed by atoms with van der Waals surface area (Å²) >= 11 is 0. The van der Waals surface area contributed by atoms with Crippen molar-refractivity contribution in [2.75, 3.05) is 18.0 Å². The quantitative estimate of drug-likeness (QED) is 0.618. The van der Waals surface area contributed by atoms with E-state index in [9.17, 15) is 31.9 Å². The molecule has 2 amide bonds. The minimum atomic E-state index is -4.48. The third-order valence-electron chi connectivity index (χ3n) is 5.13. The predicted molar refractivity (Wildman–Crippen MR) is 128 cm³/mol. The van der Waals surface area contributed by atoms with Crippen LogP contribution in [0.15, 0.2) is 36.5 Å². The zero-order valence-corrected chi connectivity index (χ0v) is 21.2. The molecule has 1 unspecified atom stereocenters. The summed E-state index contributed by atoms with van der Waals surface area (Å²) in [6, 6.07) is 5.50. The zero-order valence-electron chi connectivity index (χ0n) is 21.2. The van der Waals surface area contributed by atoms with Crippen LogP contribution in [0.1, 0.15) is 51.3 Å². The molecule has 1 aromatic carbocycles. The minimum absolute atomic E-state index is 0.117. The van der Waals surface area contributed by atoms with Gasteiger partial charge in [-0.3, -0.25) is 14.5 Å². The van der Waals surface area contributed by atoms with Crippen LogP contribution in [0.2, 0.25) is 0 Å². The highest BCUT2D eigenvalue weighted by Crippen LogP contribution is 2.32. The normalized spacial score (nSPS) is 17.6. The van der Waals surface area contributed by atoms with E-state index in [0.717, 1.165) is 17.0 Å². The van der Waals surface area contributed by atoms with E-state index in [0.29, 0.717) is 11.1 Å². The monoisotopic (exact) mass is 512 g/mol. The summed E-state index contributed by atoms with van der Waals surface area (Å²) in [7, 11) is 0. The van der Waals surface area contributed by atoms with Gasteiger partial charge in [0.15, 0.2) is 11.6 Å². The Morgan fingerprint density at radius 3 is 2.11 bits per heavy atom. The summed E-state index contributed by atoms with van der Waals surface area (Å²) in [6.07, 6.45) is -3.10. The van der Waals surface area contributed by atoms with Crippen LogP contribution in [0, 0.1) is 12.7 Å². The molecule has 1 atom stereocenters. The maximum absolute atomic E-state index is 14.4. The number of piperazine rings is 1. The highest BCUT2D eigenvalue weighted by atomic mass is 19.4. The smallest absolute Gasteiger partial charge is 0.328 e. The van der Waals surface area contributed by atoms with Crippen molar-refractivity contribution in [1.82, 2.24) is 9.88 Å². The van der Waals surface area contributed by atoms with Crippen LogP contribution in [-0.4, -0.2) is 46.1 Å². The van der Waals surface area contributed by atoms with E-state index in [-0.39, 0.29) is 24.7 Å². The van der Waals surface area contributed by atoms with Crippen LogP contribution in [0.3, 0.4) is 0 Å². The number of carbonyl (C=O) groups excluding carboxylic acids is 3. The van der Waals surface area contributed by atoms with Crippen molar-refractivity contribution in [3.05, 3.63) is 59.0 Å². The SMILES string of the molecule is CC.CC(C)=O.Cc1cnc(N2CC(=O)N(Cc3ccc(C(F)(F)F)cc3)C(C)(CN)C2=O)c(F)c1. The molecule has 0 spiro atoms. The van der Waals surface area contributed by atoms with Crippen LogP contribution in [0.4, 0.5) is 23.4 Å². The van der Waals surface area contributed by atoms with E-state index in [1.54, 1.807) is 6.92 Å². The van der Waals surface area contributed by atoms with Crippen molar-refractivity contribution < 1.29 is 31.9 Å². The number of benzene rings is 1. The lowest BCUT2D eigenvalue weighted by Gasteiger charge is -2.46. The van der Waals surface area contributed by atoms with E-state index in [1.165, 1.54) is 50.1 Å². The Hall–Kier alpha value is -3.34. The number of amides is 2. The number of halogens is 4. The molecule has 1 fully saturated rings. The van der Waals surface area contributed by atoms with Gasteiger partial charge in [-0.25, -0.2) is 9.37 Å². The molecule has 0 aliphatic carbocycles. The number of aromatic nitrogens is 1. The third kappa shape index (κ3) is 7.33. The second kappa shape index (κ2) is 12.6. The van der Waals surface area contributed by atoms with Gasteiger partial charge in [0.25, 0.3) is 5.91 Å². The highest BCUT2D eigenvalue weighted by molar-refractivity contribution is 6.08. The van der Waals surface area contributed by atoms with Gasteiger partial charge in [0, 0.05) is 19.3 Å². The number of hydrogen-bond donors (Lipinski definition) is 1. The van der Waals surface area contributed by atoms with E-state index in [1.807, 2.05) is 13.8 Å². The van der Waals surface area contributed by atoms with Gasteiger partial charge in [0.05, 0.1) is 5.56 Å². The lowest BCUT2D eigenvalue weighted by Crippen LogP contribution is -2.69. The summed E-state index contributed by atoms with van der Waals surface area (Å²) in [5, 5.41) is 0. The minimum Gasteiger partial charge on any atom is -0.328 e. The number of hydrogen-bond acceptors (Lipinski definition) is 5. The average molecular weight is 513 g/mol. The number of anilines is 1. The first-order valence-corrected chi connectivity index (χ1v) is 11.3. The molecule has 0 saturated carbocycles. The fraction of sp³-hybridized carbons (Fsp3) is 0.440. The van der Waals surface area contributed by atoms with E-state index in [4.69, 9.17) is 5.73 Å². The van der Waals surface area contributed by atoms with Crippen LogP contribution >= 0.6 is 0 Å². The summed E-state index contributed by atoms with van der Waals surface area (Å²) in [5.74, 6) is -1.99.